The maximum atomic E-state index is 10.5. The van der Waals surface area contributed by atoms with Crippen molar-refractivity contribution in [3.05, 3.63) is 48.0 Å². The molecule has 7 atom stereocenters. The summed E-state index contributed by atoms with van der Waals surface area (Å²) in [6.45, 7) is 1.64. The fraction of sp³-hybridized carbons (Fsp3) is 0.538. The van der Waals surface area contributed by atoms with Gasteiger partial charge in [0.1, 0.15) is 30.5 Å². The van der Waals surface area contributed by atoms with E-state index in [1.807, 2.05) is 6.92 Å². The van der Waals surface area contributed by atoms with Crippen molar-refractivity contribution in [1.82, 2.24) is 0 Å². The normalized spacial score (nSPS) is 25.2. The number of aliphatic hydroxyl groups excluding tert-OH is 4. The Labute approximate surface area is 216 Å². The van der Waals surface area contributed by atoms with Gasteiger partial charge in [0.2, 0.25) is 0 Å². The van der Waals surface area contributed by atoms with E-state index in [9.17, 15) is 20.4 Å². The number of para-hydroxylation sites is 2. The molecule has 1 aliphatic rings. The third-order valence-electron chi connectivity index (χ3n) is 6.02. The SMILES string of the molecule is CCOc1ccc([C@H](OC[C@H]2O[C@@H](OC)[C@H](O)[C@@H](O)[C@@H]2O)[C@H](CO)Oc2ccccc2OC)cc1OC. The first-order valence-electron chi connectivity index (χ1n) is 11.9. The molecule has 1 heterocycles. The second-order valence-corrected chi connectivity index (χ2v) is 8.34. The standard InChI is InChI=1S/C26H36O11/c1-5-34-17-11-10-15(12-19(17)32-3)25(20(13-27)36-18-9-7-6-8-16(18)31-2)35-14-21-22(28)23(29)24(30)26(33-4)37-21/h6-12,20-30H,5,13-14H2,1-4H3/t20-,21+,22+,23-,24+,25-,26+/m0/s1. The number of hydrogen-bond acceptors (Lipinski definition) is 11. The predicted octanol–water partition coefficient (Wildman–Crippen LogP) is 1.05. The van der Waals surface area contributed by atoms with Crippen molar-refractivity contribution >= 4 is 0 Å². The average molecular weight is 525 g/mol. The minimum atomic E-state index is -1.50. The highest BCUT2D eigenvalue weighted by Crippen LogP contribution is 2.36. The summed E-state index contributed by atoms with van der Waals surface area (Å²) in [7, 11) is 4.33. The summed E-state index contributed by atoms with van der Waals surface area (Å²) in [4.78, 5) is 0. The van der Waals surface area contributed by atoms with Crippen molar-refractivity contribution in [3.63, 3.8) is 0 Å². The monoisotopic (exact) mass is 524 g/mol. The molecular formula is C26H36O11. The van der Waals surface area contributed by atoms with E-state index in [-0.39, 0.29) is 6.61 Å². The molecule has 0 saturated carbocycles. The van der Waals surface area contributed by atoms with Gasteiger partial charge < -0.3 is 53.6 Å². The smallest absolute Gasteiger partial charge is 0.186 e. The van der Waals surface area contributed by atoms with Crippen LogP contribution in [-0.4, -0.2) is 98.4 Å². The van der Waals surface area contributed by atoms with Crippen LogP contribution in [0.1, 0.15) is 18.6 Å². The third-order valence-corrected chi connectivity index (χ3v) is 6.02. The first-order valence-corrected chi connectivity index (χ1v) is 11.9. The lowest BCUT2D eigenvalue weighted by atomic mass is 9.99. The van der Waals surface area contributed by atoms with Crippen molar-refractivity contribution in [2.75, 3.05) is 41.2 Å². The fourth-order valence-corrected chi connectivity index (χ4v) is 4.08. The molecule has 0 bridgehead atoms. The number of benzene rings is 2. The Hall–Kier alpha value is -2.64. The van der Waals surface area contributed by atoms with Gasteiger partial charge in [-0.15, -0.1) is 0 Å². The Morgan fingerprint density at radius 3 is 2.19 bits per heavy atom. The number of ether oxygens (including phenoxy) is 7. The Bertz CT molecular complexity index is 969. The summed E-state index contributed by atoms with van der Waals surface area (Å²) in [5.41, 5.74) is 0.587. The zero-order chi connectivity index (χ0) is 26.9. The van der Waals surface area contributed by atoms with E-state index >= 15 is 0 Å². The highest BCUT2D eigenvalue weighted by molar-refractivity contribution is 5.44. The van der Waals surface area contributed by atoms with Gasteiger partial charge >= 0.3 is 0 Å². The summed E-state index contributed by atoms with van der Waals surface area (Å²) in [5, 5.41) is 41.1. The number of hydrogen-bond donors (Lipinski definition) is 4. The molecule has 4 N–H and O–H groups in total. The summed E-state index contributed by atoms with van der Waals surface area (Å²) < 4.78 is 39.4. The van der Waals surface area contributed by atoms with Crippen molar-refractivity contribution in [2.45, 2.75) is 49.8 Å². The van der Waals surface area contributed by atoms with Gasteiger partial charge in [0.25, 0.3) is 0 Å². The fourth-order valence-electron chi connectivity index (χ4n) is 4.08. The maximum absolute atomic E-state index is 10.5. The van der Waals surface area contributed by atoms with Gasteiger partial charge in [0.05, 0.1) is 34.0 Å². The van der Waals surface area contributed by atoms with Gasteiger partial charge in [0, 0.05) is 7.11 Å². The molecule has 0 aromatic heterocycles. The zero-order valence-corrected chi connectivity index (χ0v) is 21.4. The number of rotatable bonds is 13. The first kappa shape index (κ1) is 28.9. The van der Waals surface area contributed by atoms with Gasteiger partial charge in [-0.2, -0.15) is 0 Å². The summed E-state index contributed by atoms with van der Waals surface area (Å²) >= 11 is 0. The molecule has 2 aromatic rings. The summed E-state index contributed by atoms with van der Waals surface area (Å²) in [6.07, 6.45) is -8.39. The molecular weight excluding hydrogens is 488 g/mol. The highest BCUT2D eigenvalue weighted by Gasteiger charge is 2.44. The van der Waals surface area contributed by atoms with Crippen molar-refractivity contribution in [2.24, 2.45) is 0 Å². The largest absolute Gasteiger partial charge is 0.493 e. The Kier molecular flexibility index (Phi) is 10.8. The number of methoxy groups -OCH3 is 3. The van der Waals surface area contributed by atoms with Crippen LogP contribution in [0.3, 0.4) is 0 Å². The minimum absolute atomic E-state index is 0.225. The molecule has 0 aliphatic carbocycles. The molecule has 206 valence electrons. The van der Waals surface area contributed by atoms with Crippen LogP contribution in [0.25, 0.3) is 0 Å². The van der Waals surface area contributed by atoms with Gasteiger partial charge in [-0.1, -0.05) is 18.2 Å². The van der Waals surface area contributed by atoms with E-state index in [0.717, 1.165) is 0 Å². The van der Waals surface area contributed by atoms with E-state index < -0.39 is 49.5 Å². The molecule has 1 saturated heterocycles. The van der Waals surface area contributed by atoms with Crippen LogP contribution in [-0.2, 0) is 14.2 Å². The van der Waals surface area contributed by atoms with Gasteiger partial charge in [-0.3, -0.25) is 0 Å². The average Bonchev–Trinajstić information content (AvgIpc) is 2.93. The van der Waals surface area contributed by atoms with Gasteiger partial charge in [-0.05, 0) is 36.8 Å². The molecule has 3 rings (SSSR count). The van der Waals surface area contributed by atoms with Crippen LogP contribution in [0.5, 0.6) is 23.0 Å². The molecule has 1 fully saturated rings. The zero-order valence-electron chi connectivity index (χ0n) is 21.4. The Morgan fingerprint density at radius 2 is 1.57 bits per heavy atom. The lowest BCUT2D eigenvalue weighted by molar-refractivity contribution is -0.299. The van der Waals surface area contributed by atoms with Crippen LogP contribution in [0.4, 0.5) is 0 Å². The lowest BCUT2D eigenvalue weighted by Crippen LogP contribution is -2.59. The molecule has 11 nitrogen and oxygen atoms in total. The summed E-state index contributed by atoms with van der Waals surface area (Å²) in [6, 6.07) is 12.2. The van der Waals surface area contributed by atoms with Crippen LogP contribution < -0.4 is 18.9 Å². The van der Waals surface area contributed by atoms with Crippen LogP contribution in [0.15, 0.2) is 42.5 Å². The van der Waals surface area contributed by atoms with E-state index in [1.54, 1.807) is 42.5 Å². The summed E-state index contributed by atoms with van der Waals surface area (Å²) in [5.74, 6) is 1.84. The molecule has 0 spiro atoms. The quantitative estimate of drug-likeness (QED) is 0.298. The molecule has 2 aromatic carbocycles. The molecule has 0 amide bonds. The van der Waals surface area contributed by atoms with Crippen molar-refractivity contribution < 1.29 is 53.6 Å². The molecule has 1 aliphatic heterocycles. The molecule has 11 heteroatoms. The van der Waals surface area contributed by atoms with Crippen LogP contribution in [0, 0.1) is 0 Å². The maximum Gasteiger partial charge on any atom is 0.186 e. The van der Waals surface area contributed by atoms with E-state index in [1.165, 1.54) is 21.3 Å². The molecule has 0 radical (unpaired) electrons. The third kappa shape index (κ3) is 6.82. The predicted molar refractivity (Wildman–Crippen MR) is 131 cm³/mol. The van der Waals surface area contributed by atoms with E-state index in [2.05, 4.69) is 0 Å². The highest BCUT2D eigenvalue weighted by atomic mass is 16.7. The Morgan fingerprint density at radius 1 is 0.865 bits per heavy atom. The topological polar surface area (TPSA) is 146 Å². The lowest BCUT2D eigenvalue weighted by Gasteiger charge is -2.40. The molecule has 0 unspecified atom stereocenters. The first-order chi connectivity index (χ1) is 17.9. The second-order valence-electron chi connectivity index (χ2n) is 8.34. The van der Waals surface area contributed by atoms with Crippen molar-refractivity contribution in [3.8, 4) is 23.0 Å². The van der Waals surface area contributed by atoms with Gasteiger partial charge in [0.15, 0.2) is 35.4 Å². The van der Waals surface area contributed by atoms with Gasteiger partial charge in [-0.25, -0.2) is 0 Å². The minimum Gasteiger partial charge on any atom is -0.493 e. The number of aliphatic hydroxyl groups is 4. The van der Waals surface area contributed by atoms with E-state index in [4.69, 9.17) is 33.2 Å². The molecule has 37 heavy (non-hydrogen) atoms. The van der Waals surface area contributed by atoms with Crippen molar-refractivity contribution in [1.29, 1.82) is 0 Å². The van der Waals surface area contributed by atoms with Crippen LogP contribution >= 0.6 is 0 Å². The Balaban J connectivity index is 1.92. The van der Waals surface area contributed by atoms with E-state index in [0.29, 0.717) is 35.2 Å². The van der Waals surface area contributed by atoms with Crippen LogP contribution in [0.2, 0.25) is 0 Å². The second kappa shape index (κ2) is 13.8.